The van der Waals surface area contributed by atoms with E-state index in [0.29, 0.717) is 4.99 Å². The number of aromatic nitrogens is 1. The summed E-state index contributed by atoms with van der Waals surface area (Å²) in [7, 11) is 0. The third kappa shape index (κ3) is 3.68. The molecule has 2 N–H and O–H groups in total. The number of likely N-dealkylation sites (tertiary alicyclic amines) is 1. The number of hydrogen-bond donors (Lipinski definition) is 1. The van der Waals surface area contributed by atoms with Crippen LogP contribution < -0.4 is 5.73 Å². The number of halogens is 1. The van der Waals surface area contributed by atoms with Crippen molar-refractivity contribution >= 4 is 44.9 Å². The highest BCUT2D eigenvalue weighted by Gasteiger charge is 2.36. The Morgan fingerprint density at radius 2 is 2.21 bits per heavy atom. The van der Waals surface area contributed by atoms with Crippen LogP contribution in [0, 0.1) is 0 Å². The summed E-state index contributed by atoms with van der Waals surface area (Å²) in [5.74, 6) is 0. The molecule has 0 saturated carbocycles. The molecule has 1 aromatic rings. The van der Waals surface area contributed by atoms with Crippen molar-refractivity contribution in [3.05, 3.63) is 28.5 Å². The van der Waals surface area contributed by atoms with Crippen molar-refractivity contribution in [2.75, 3.05) is 19.3 Å². The molecule has 104 valence electrons. The van der Waals surface area contributed by atoms with Crippen molar-refractivity contribution in [3.8, 4) is 0 Å². The van der Waals surface area contributed by atoms with Crippen LogP contribution in [0.3, 0.4) is 0 Å². The maximum absolute atomic E-state index is 5.90. The smallest absolute Gasteiger partial charge is 0.0891 e. The second-order valence-electron chi connectivity index (χ2n) is 4.81. The normalized spacial score (nSPS) is 19.3. The highest BCUT2D eigenvalue weighted by atomic mass is 79.9. The first-order chi connectivity index (χ1) is 9.05. The quantitative estimate of drug-likeness (QED) is 0.837. The molecule has 3 nitrogen and oxygen atoms in total. The van der Waals surface area contributed by atoms with Crippen LogP contribution in [0.4, 0.5) is 0 Å². The van der Waals surface area contributed by atoms with Crippen LogP contribution in [0.25, 0.3) is 0 Å². The van der Waals surface area contributed by atoms with Gasteiger partial charge in [-0.1, -0.05) is 12.2 Å². The van der Waals surface area contributed by atoms with Gasteiger partial charge in [0.25, 0.3) is 0 Å². The van der Waals surface area contributed by atoms with Gasteiger partial charge in [-0.2, -0.15) is 11.8 Å². The summed E-state index contributed by atoms with van der Waals surface area (Å²) in [6.07, 6.45) is 6.01. The van der Waals surface area contributed by atoms with Crippen LogP contribution in [0.5, 0.6) is 0 Å². The molecule has 2 heterocycles. The van der Waals surface area contributed by atoms with Crippen LogP contribution in [0.1, 0.15) is 18.5 Å². The van der Waals surface area contributed by atoms with Crippen molar-refractivity contribution in [3.63, 3.8) is 0 Å². The first kappa shape index (κ1) is 15.2. The predicted octanol–water partition coefficient (Wildman–Crippen LogP) is 2.83. The fourth-order valence-corrected chi connectivity index (χ4v) is 3.83. The lowest BCUT2D eigenvalue weighted by Crippen LogP contribution is -2.49. The van der Waals surface area contributed by atoms with E-state index in [9.17, 15) is 0 Å². The minimum Gasteiger partial charge on any atom is -0.392 e. The van der Waals surface area contributed by atoms with Gasteiger partial charge >= 0.3 is 0 Å². The number of rotatable bonds is 4. The molecule has 1 fully saturated rings. The average molecular weight is 360 g/mol. The molecule has 0 aromatic carbocycles. The summed E-state index contributed by atoms with van der Waals surface area (Å²) in [5.41, 5.74) is 7.01. The SMILES string of the molecule is CSC1(C(N)=S)CCN(Cc2ccc(Br)cn2)CC1. The van der Waals surface area contributed by atoms with Gasteiger partial charge in [-0.05, 0) is 47.2 Å². The molecule has 1 aliphatic heterocycles. The second kappa shape index (κ2) is 6.52. The summed E-state index contributed by atoms with van der Waals surface area (Å²) < 4.78 is 1.02. The topological polar surface area (TPSA) is 42.1 Å². The van der Waals surface area contributed by atoms with Gasteiger partial charge in [0.1, 0.15) is 0 Å². The van der Waals surface area contributed by atoms with Gasteiger partial charge < -0.3 is 5.73 Å². The molecule has 6 heteroatoms. The molecule has 0 unspecified atom stereocenters. The second-order valence-corrected chi connectivity index (χ2v) is 7.35. The number of nitrogens with zero attached hydrogens (tertiary/aromatic N) is 2. The Bertz CT molecular complexity index is 442. The van der Waals surface area contributed by atoms with Crippen LogP contribution in [0.15, 0.2) is 22.8 Å². The van der Waals surface area contributed by atoms with Gasteiger partial charge in [-0.3, -0.25) is 9.88 Å². The zero-order chi connectivity index (χ0) is 13.9. The number of hydrogen-bond acceptors (Lipinski definition) is 4. The van der Waals surface area contributed by atoms with Gasteiger partial charge in [-0.25, -0.2) is 0 Å². The number of thiocarbonyl (C=S) groups is 1. The fourth-order valence-electron chi connectivity index (χ4n) is 2.35. The van der Waals surface area contributed by atoms with Crippen LogP contribution in [-0.4, -0.2) is 39.0 Å². The van der Waals surface area contributed by atoms with E-state index >= 15 is 0 Å². The van der Waals surface area contributed by atoms with Gasteiger partial charge in [0, 0.05) is 30.3 Å². The summed E-state index contributed by atoms with van der Waals surface area (Å²) in [5, 5.41) is 0. The Labute approximate surface area is 132 Å². The molecule has 0 bridgehead atoms. The lowest BCUT2D eigenvalue weighted by molar-refractivity contribution is 0.210. The van der Waals surface area contributed by atoms with E-state index in [1.165, 1.54) is 0 Å². The zero-order valence-electron chi connectivity index (χ0n) is 10.9. The van der Waals surface area contributed by atoms with E-state index in [1.807, 2.05) is 12.3 Å². The van der Waals surface area contributed by atoms with E-state index < -0.39 is 0 Å². The fraction of sp³-hybridized carbons (Fsp3) is 0.538. The van der Waals surface area contributed by atoms with Crippen LogP contribution in [-0.2, 0) is 6.54 Å². The summed E-state index contributed by atoms with van der Waals surface area (Å²) in [6, 6.07) is 4.10. The van der Waals surface area contributed by atoms with Crippen molar-refractivity contribution in [2.45, 2.75) is 24.1 Å². The van der Waals surface area contributed by atoms with Gasteiger partial charge in [0.2, 0.25) is 0 Å². The molecule has 2 rings (SSSR count). The first-order valence-electron chi connectivity index (χ1n) is 6.23. The largest absolute Gasteiger partial charge is 0.392 e. The molecule has 19 heavy (non-hydrogen) atoms. The average Bonchev–Trinajstić information content (AvgIpc) is 2.42. The van der Waals surface area contributed by atoms with E-state index in [0.717, 1.165) is 42.6 Å². The van der Waals surface area contributed by atoms with Crippen molar-refractivity contribution < 1.29 is 0 Å². The minimum atomic E-state index is -0.00101. The Kier molecular flexibility index (Phi) is 5.22. The Morgan fingerprint density at radius 3 is 2.68 bits per heavy atom. The van der Waals surface area contributed by atoms with Gasteiger partial charge in [0.05, 0.1) is 15.4 Å². The highest BCUT2D eigenvalue weighted by molar-refractivity contribution is 9.10. The summed E-state index contributed by atoms with van der Waals surface area (Å²) in [4.78, 5) is 7.49. The molecule has 0 spiro atoms. The van der Waals surface area contributed by atoms with Crippen molar-refractivity contribution in [1.29, 1.82) is 0 Å². The molecule has 1 aromatic heterocycles. The third-order valence-corrected chi connectivity index (χ3v) is 6.08. The summed E-state index contributed by atoms with van der Waals surface area (Å²) >= 11 is 10.4. The van der Waals surface area contributed by atoms with E-state index in [2.05, 4.69) is 38.1 Å². The van der Waals surface area contributed by atoms with Crippen molar-refractivity contribution in [1.82, 2.24) is 9.88 Å². The van der Waals surface area contributed by atoms with Gasteiger partial charge in [0.15, 0.2) is 0 Å². The molecule has 1 saturated heterocycles. The van der Waals surface area contributed by atoms with Crippen LogP contribution >= 0.6 is 39.9 Å². The van der Waals surface area contributed by atoms with Crippen molar-refractivity contribution in [2.24, 2.45) is 5.73 Å². The molecule has 0 atom stereocenters. The highest BCUT2D eigenvalue weighted by Crippen LogP contribution is 2.35. The maximum atomic E-state index is 5.90. The predicted molar refractivity (Wildman–Crippen MR) is 89.5 cm³/mol. The van der Waals surface area contributed by atoms with E-state index in [1.54, 1.807) is 11.8 Å². The lowest BCUT2D eigenvalue weighted by Gasteiger charge is -2.39. The Morgan fingerprint density at radius 1 is 1.53 bits per heavy atom. The first-order valence-corrected chi connectivity index (χ1v) is 8.66. The number of thioether (sulfide) groups is 1. The Hall–Kier alpha value is -0.170. The molecular formula is C13H18BrN3S2. The molecule has 0 aliphatic carbocycles. The standard InChI is InChI=1S/C13H18BrN3S2/c1-19-13(12(15)18)4-6-17(7-5-13)9-11-3-2-10(14)8-16-11/h2-3,8H,4-7,9H2,1H3,(H2,15,18). The Balaban J connectivity index is 1.93. The minimum absolute atomic E-state index is 0.00101. The molecule has 0 radical (unpaired) electrons. The number of piperidine rings is 1. The zero-order valence-corrected chi connectivity index (χ0v) is 14.2. The number of nitrogens with two attached hydrogens (primary N) is 1. The third-order valence-electron chi connectivity index (χ3n) is 3.68. The number of pyridine rings is 1. The van der Waals surface area contributed by atoms with E-state index in [4.69, 9.17) is 18.0 Å². The monoisotopic (exact) mass is 359 g/mol. The molecule has 0 amide bonds. The summed E-state index contributed by atoms with van der Waals surface area (Å²) in [6.45, 7) is 2.95. The van der Waals surface area contributed by atoms with Crippen LogP contribution in [0.2, 0.25) is 0 Å². The molecule has 1 aliphatic rings. The van der Waals surface area contributed by atoms with Gasteiger partial charge in [-0.15, -0.1) is 0 Å². The van der Waals surface area contributed by atoms with E-state index in [-0.39, 0.29) is 4.75 Å². The lowest BCUT2D eigenvalue weighted by atomic mass is 9.95. The maximum Gasteiger partial charge on any atom is 0.0891 e. The molecular weight excluding hydrogens is 342 g/mol.